The number of rotatable bonds is 4. The SMILES string of the molecule is O=[N+]([O-])C(Oc1ccccc1)c1nn[nH]n1. The maximum absolute atomic E-state index is 10.8. The third-order valence-electron chi connectivity index (χ3n) is 1.77. The van der Waals surface area contributed by atoms with Gasteiger partial charge in [-0.2, -0.15) is 5.21 Å². The van der Waals surface area contributed by atoms with E-state index in [0.717, 1.165) is 0 Å². The lowest BCUT2D eigenvalue weighted by molar-refractivity contribution is -0.572. The van der Waals surface area contributed by atoms with E-state index in [9.17, 15) is 10.1 Å². The Hall–Kier alpha value is -2.51. The summed E-state index contributed by atoms with van der Waals surface area (Å²) < 4.78 is 5.14. The Kier molecular flexibility index (Phi) is 2.72. The van der Waals surface area contributed by atoms with Gasteiger partial charge in [0.05, 0.1) is 4.92 Å². The number of nitro groups is 1. The predicted octanol–water partition coefficient (Wildman–Crippen LogP) is 0.554. The monoisotopic (exact) mass is 221 g/mol. The fraction of sp³-hybridized carbons (Fsp3) is 0.125. The summed E-state index contributed by atoms with van der Waals surface area (Å²) in [4.78, 5) is 10.1. The summed E-state index contributed by atoms with van der Waals surface area (Å²) in [5.74, 6) is 0.253. The molecule has 0 radical (unpaired) electrons. The van der Waals surface area contributed by atoms with Gasteiger partial charge in [0.2, 0.25) is 0 Å². The molecule has 0 aliphatic heterocycles. The third kappa shape index (κ3) is 2.11. The molecule has 0 saturated heterocycles. The third-order valence-corrected chi connectivity index (χ3v) is 1.77. The molecule has 0 bridgehead atoms. The van der Waals surface area contributed by atoms with Crippen LogP contribution in [-0.2, 0) is 0 Å². The number of nitrogens with zero attached hydrogens (tertiary/aromatic N) is 4. The summed E-state index contributed by atoms with van der Waals surface area (Å²) >= 11 is 0. The van der Waals surface area contributed by atoms with Crippen molar-refractivity contribution in [1.82, 2.24) is 20.6 Å². The Morgan fingerprint density at radius 2 is 2.12 bits per heavy atom. The zero-order valence-corrected chi connectivity index (χ0v) is 7.98. The van der Waals surface area contributed by atoms with E-state index >= 15 is 0 Å². The Morgan fingerprint density at radius 1 is 1.38 bits per heavy atom. The van der Waals surface area contributed by atoms with Gasteiger partial charge in [-0.25, -0.2) is 0 Å². The van der Waals surface area contributed by atoms with Gasteiger partial charge in [0.15, 0.2) is 0 Å². The van der Waals surface area contributed by atoms with Crippen LogP contribution in [0, 0.1) is 10.1 Å². The number of hydrogen-bond acceptors (Lipinski definition) is 6. The molecule has 1 unspecified atom stereocenters. The first-order valence-electron chi connectivity index (χ1n) is 4.36. The number of nitrogens with one attached hydrogen (secondary N) is 1. The minimum absolute atomic E-state index is 0.117. The predicted molar refractivity (Wildman–Crippen MR) is 51.0 cm³/mol. The standard InChI is InChI=1S/C8H7N5O3/c14-13(15)8(7-9-11-12-10-7)16-6-4-2-1-3-5-6/h1-5,8H,(H,9,10,11,12). The summed E-state index contributed by atoms with van der Waals surface area (Å²) in [6.07, 6.45) is -1.46. The number of H-pyrrole nitrogens is 1. The summed E-state index contributed by atoms with van der Waals surface area (Å²) in [5.41, 5.74) is 0. The number of aromatic nitrogens is 4. The minimum Gasteiger partial charge on any atom is -0.424 e. The average molecular weight is 221 g/mol. The largest absolute Gasteiger partial charge is 0.424 e. The van der Waals surface area contributed by atoms with E-state index in [1.165, 1.54) is 0 Å². The topological polar surface area (TPSA) is 107 Å². The number of ether oxygens (including phenoxy) is 1. The average Bonchev–Trinajstić information content (AvgIpc) is 2.80. The first kappa shape index (κ1) is 10.0. The fourth-order valence-electron chi connectivity index (χ4n) is 1.09. The molecule has 8 nitrogen and oxygen atoms in total. The Balaban J connectivity index is 2.19. The van der Waals surface area contributed by atoms with Crippen molar-refractivity contribution in [3.63, 3.8) is 0 Å². The second kappa shape index (κ2) is 4.34. The van der Waals surface area contributed by atoms with Crippen molar-refractivity contribution in [2.24, 2.45) is 0 Å². The number of tetrazole rings is 1. The van der Waals surface area contributed by atoms with Crippen molar-refractivity contribution in [3.05, 3.63) is 46.3 Å². The van der Waals surface area contributed by atoms with Crippen LogP contribution in [0.3, 0.4) is 0 Å². The van der Waals surface area contributed by atoms with Crippen LogP contribution in [0.4, 0.5) is 0 Å². The normalized spacial score (nSPS) is 12.0. The summed E-state index contributed by atoms with van der Waals surface area (Å²) in [6.45, 7) is 0. The molecular formula is C8H7N5O3. The van der Waals surface area contributed by atoms with Gasteiger partial charge >= 0.3 is 6.23 Å². The molecule has 8 heteroatoms. The van der Waals surface area contributed by atoms with Crippen LogP contribution < -0.4 is 4.74 Å². The second-order valence-electron chi connectivity index (χ2n) is 2.84. The second-order valence-corrected chi connectivity index (χ2v) is 2.84. The van der Waals surface area contributed by atoms with Crippen LogP contribution in [0.15, 0.2) is 30.3 Å². The maximum atomic E-state index is 10.8. The Bertz CT molecular complexity index is 458. The molecule has 82 valence electrons. The summed E-state index contributed by atoms with van der Waals surface area (Å²) in [6, 6.07) is 8.42. The van der Waals surface area contributed by atoms with Crippen LogP contribution in [0.25, 0.3) is 0 Å². The molecule has 2 rings (SSSR count). The van der Waals surface area contributed by atoms with Gasteiger partial charge in [0.1, 0.15) is 5.75 Å². The minimum atomic E-state index is -1.46. The fourth-order valence-corrected chi connectivity index (χ4v) is 1.09. The molecule has 1 N–H and O–H groups in total. The number of benzene rings is 1. The quantitative estimate of drug-likeness (QED) is 0.459. The van der Waals surface area contributed by atoms with E-state index in [1.807, 2.05) is 0 Å². The molecule has 0 fully saturated rings. The van der Waals surface area contributed by atoms with Gasteiger partial charge in [0, 0.05) is 0 Å². The van der Waals surface area contributed by atoms with Gasteiger partial charge in [0.25, 0.3) is 5.82 Å². The molecule has 0 aliphatic carbocycles. The molecule has 1 heterocycles. The molecule has 0 spiro atoms. The van der Waals surface area contributed by atoms with Gasteiger partial charge < -0.3 is 4.74 Å². The number of para-hydroxylation sites is 1. The van der Waals surface area contributed by atoms with Crippen molar-refractivity contribution in [1.29, 1.82) is 0 Å². The molecule has 2 aromatic rings. The van der Waals surface area contributed by atoms with E-state index in [2.05, 4.69) is 20.6 Å². The van der Waals surface area contributed by atoms with E-state index < -0.39 is 11.2 Å². The first-order chi connectivity index (χ1) is 7.77. The van der Waals surface area contributed by atoms with Crippen LogP contribution in [0.1, 0.15) is 12.1 Å². The molecule has 0 aliphatic rings. The molecule has 16 heavy (non-hydrogen) atoms. The molecular weight excluding hydrogens is 214 g/mol. The van der Waals surface area contributed by atoms with Gasteiger partial charge in [-0.1, -0.05) is 18.2 Å². The van der Waals surface area contributed by atoms with Crippen LogP contribution in [0.2, 0.25) is 0 Å². The maximum Gasteiger partial charge on any atom is 0.418 e. The van der Waals surface area contributed by atoms with Gasteiger partial charge in [-0.15, -0.1) is 10.2 Å². The highest BCUT2D eigenvalue weighted by molar-refractivity contribution is 5.21. The lowest BCUT2D eigenvalue weighted by atomic mass is 10.3. The summed E-state index contributed by atoms with van der Waals surface area (Å²) in [5, 5.41) is 23.2. The molecule has 1 aromatic heterocycles. The molecule has 1 atom stereocenters. The van der Waals surface area contributed by atoms with Crippen molar-refractivity contribution in [2.45, 2.75) is 6.23 Å². The zero-order valence-electron chi connectivity index (χ0n) is 7.98. The highest BCUT2D eigenvalue weighted by Gasteiger charge is 2.29. The number of hydrogen-bond donors (Lipinski definition) is 1. The number of aromatic amines is 1. The highest BCUT2D eigenvalue weighted by Crippen LogP contribution is 2.18. The Morgan fingerprint density at radius 3 is 2.69 bits per heavy atom. The van der Waals surface area contributed by atoms with Crippen LogP contribution in [-0.4, -0.2) is 25.5 Å². The van der Waals surface area contributed by atoms with Gasteiger partial charge in [-0.05, 0) is 17.3 Å². The lowest BCUT2D eigenvalue weighted by Crippen LogP contribution is -2.18. The van der Waals surface area contributed by atoms with E-state index in [0.29, 0.717) is 5.75 Å². The zero-order chi connectivity index (χ0) is 11.4. The van der Waals surface area contributed by atoms with E-state index in [1.54, 1.807) is 30.3 Å². The van der Waals surface area contributed by atoms with Crippen LogP contribution in [0.5, 0.6) is 5.75 Å². The summed E-state index contributed by atoms with van der Waals surface area (Å²) in [7, 11) is 0. The van der Waals surface area contributed by atoms with E-state index in [4.69, 9.17) is 4.74 Å². The van der Waals surface area contributed by atoms with Crippen molar-refractivity contribution in [2.75, 3.05) is 0 Å². The molecule has 0 saturated carbocycles. The van der Waals surface area contributed by atoms with Crippen LogP contribution >= 0.6 is 0 Å². The van der Waals surface area contributed by atoms with E-state index in [-0.39, 0.29) is 5.82 Å². The highest BCUT2D eigenvalue weighted by atomic mass is 16.7. The first-order valence-corrected chi connectivity index (χ1v) is 4.36. The molecule has 1 aromatic carbocycles. The molecule has 0 amide bonds. The van der Waals surface area contributed by atoms with Gasteiger partial charge in [-0.3, -0.25) is 10.1 Å². The smallest absolute Gasteiger partial charge is 0.418 e. The van der Waals surface area contributed by atoms with Crippen molar-refractivity contribution in [3.8, 4) is 5.75 Å². The van der Waals surface area contributed by atoms with Crippen molar-refractivity contribution < 1.29 is 9.66 Å². The Labute approximate surface area is 89.4 Å². The lowest BCUT2D eigenvalue weighted by Gasteiger charge is -2.07. The van der Waals surface area contributed by atoms with Crippen molar-refractivity contribution >= 4 is 0 Å².